The number of thiophene rings is 1. The minimum atomic E-state index is 0.263. The SMILES string of the molecule is CCc1cc(-c2nnc(SCc3c(Cl)cccc3Cl)n2C(C)C)cs1. The third-order valence-electron chi connectivity index (χ3n) is 3.85. The molecule has 25 heavy (non-hydrogen) atoms. The van der Waals surface area contributed by atoms with Crippen molar-refractivity contribution in [3.63, 3.8) is 0 Å². The molecule has 2 aromatic heterocycles. The minimum absolute atomic E-state index is 0.263. The monoisotopic (exact) mass is 411 g/mol. The number of halogens is 2. The van der Waals surface area contributed by atoms with Gasteiger partial charge in [-0.15, -0.1) is 21.5 Å². The summed E-state index contributed by atoms with van der Waals surface area (Å²) in [4.78, 5) is 1.35. The highest BCUT2D eigenvalue weighted by molar-refractivity contribution is 7.98. The van der Waals surface area contributed by atoms with Crippen molar-refractivity contribution >= 4 is 46.3 Å². The van der Waals surface area contributed by atoms with E-state index in [2.05, 4.69) is 47.0 Å². The molecule has 0 fully saturated rings. The average Bonchev–Trinajstić information content (AvgIpc) is 3.20. The van der Waals surface area contributed by atoms with Gasteiger partial charge in [0.25, 0.3) is 0 Å². The number of thioether (sulfide) groups is 1. The zero-order chi connectivity index (χ0) is 18.0. The van der Waals surface area contributed by atoms with Gasteiger partial charge in [0.05, 0.1) is 0 Å². The summed E-state index contributed by atoms with van der Waals surface area (Å²) in [5.74, 6) is 1.58. The van der Waals surface area contributed by atoms with Crippen LogP contribution in [0.2, 0.25) is 10.0 Å². The van der Waals surface area contributed by atoms with Crippen molar-refractivity contribution in [1.82, 2.24) is 14.8 Å². The Kier molecular flexibility index (Phi) is 6.10. The summed E-state index contributed by atoms with van der Waals surface area (Å²) in [6, 6.07) is 8.04. The van der Waals surface area contributed by atoms with Crippen LogP contribution in [0, 0.1) is 0 Å². The lowest BCUT2D eigenvalue weighted by molar-refractivity contribution is 0.555. The molecular weight excluding hydrogens is 393 g/mol. The maximum absolute atomic E-state index is 6.28. The molecule has 2 heterocycles. The van der Waals surface area contributed by atoms with Gasteiger partial charge in [-0.3, -0.25) is 4.57 Å². The molecule has 1 aromatic carbocycles. The van der Waals surface area contributed by atoms with Crippen molar-refractivity contribution in [3.05, 3.63) is 50.1 Å². The number of benzene rings is 1. The van der Waals surface area contributed by atoms with Crippen LogP contribution in [0.15, 0.2) is 34.8 Å². The predicted molar refractivity (Wildman–Crippen MR) is 109 cm³/mol. The van der Waals surface area contributed by atoms with E-state index >= 15 is 0 Å². The molecule has 0 atom stereocenters. The molecule has 0 aliphatic heterocycles. The number of aryl methyl sites for hydroxylation is 1. The molecule has 0 saturated heterocycles. The predicted octanol–water partition coefficient (Wildman–Crippen LogP) is 6.75. The van der Waals surface area contributed by atoms with E-state index in [1.54, 1.807) is 23.1 Å². The van der Waals surface area contributed by atoms with E-state index in [0.717, 1.165) is 28.5 Å². The van der Waals surface area contributed by atoms with Crippen molar-refractivity contribution in [1.29, 1.82) is 0 Å². The number of rotatable bonds is 6. The Hall–Kier alpha value is -1.01. The molecule has 0 unspecified atom stereocenters. The third kappa shape index (κ3) is 4.05. The van der Waals surface area contributed by atoms with Crippen LogP contribution in [0.25, 0.3) is 11.4 Å². The molecule has 3 nitrogen and oxygen atoms in total. The van der Waals surface area contributed by atoms with E-state index < -0.39 is 0 Å². The molecular formula is C18H19Cl2N3S2. The molecule has 0 amide bonds. The van der Waals surface area contributed by atoms with Crippen molar-refractivity contribution in [3.8, 4) is 11.4 Å². The number of nitrogens with zero attached hydrogens (tertiary/aromatic N) is 3. The van der Waals surface area contributed by atoms with Crippen molar-refractivity contribution in [2.24, 2.45) is 0 Å². The molecule has 0 aliphatic rings. The normalized spacial score (nSPS) is 11.4. The van der Waals surface area contributed by atoms with Gasteiger partial charge in [0.1, 0.15) is 0 Å². The summed E-state index contributed by atoms with van der Waals surface area (Å²) in [6.45, 7) is 6.45. The highest BCUT2D eigenvalue weighted by atomic mass is 35.5. The van der Waals surface area contributed by atoms with Gasteiger partial charge in [-0.05, 0) is 44.0 Å². The van der Waals surface area contributed by atoms with Gasteiger partial charge >= 0.3 is 0 Å². The van der Waals surface area contributed by atoms with Crippen LogP contribution < -0.4 is 0 Å². The molecule has 0 bridgehead atoms. The van der Waals surface area contributed by atoms with E-state index in [-0.39, 0.29) is 6.04 Å². The fraction of sp³-hybridized carbons (Fsp3) is 0.333. The van der Waals surface area contributed by atoms with Gasteiger partial charge in [-0.2, -0.15) is 0 Å². The van der Waals surface area contributed by atoms with Gasteiger partial charge in [0.2, 0.25) is 0 Å². The fourth-order valence-corrected chi connectivity index (χ4v) is 5.15. The second-order valence-electron chi connectivity index (χ2n) is 5.91. The average molecular weight is 412 g/mol. The van der Waals surface area contributed by atoms with Gasteiger partial charge in [0, 0.05) is 37.7 Å². The molecule has 0 radical (unpaired) electrons. The topological polar surface area (TPSA) is 30.7 Å². The summed E-state index contributed by atoms with van der Waals surface area (Å²) < 4.78 is 2.18. The van der Waals surface area contributed by atoms with Crippen LogP contribution in [0.3, 0.4) is 0 Å². The van der Waals surface area contributed by atoms with Crippen LogP contribution in [-0.2, 0) is 12.2 Å². The first-order valence-corrected chi connectivity index (χ1v) is 10.7. The van der Waals surface area contributed by atoms with Gasteiger partial charge in [-0.1, -0.05) is 48.0 Å². The lowest BCUT2D eigenvalue weighted by atomic mass is 10.2. The number of aromatic nitrogens is 3. The molecule has 0 aliphatic carbocycles. The van der Waals surface area contributed by atoms with Crippen LogP contribution in [-0.4, -0.2) is 14.8 Å². The Morgan fingerprint density at radius 1 is 1.20 bits per heavy atom. The smallest absolute Gasteiger partial charge is 0.192 e. The van der Waals surface area contributed by atoms with Crippen LogP contribution in [0.5, 0.6) is 0 Å². The summed E-state index contributed by atoms with van der Waals surface area (Å²) >= 11 is 15.9. The van der Waals surface area contributed by atoms with Crippen LogP contribution >= 0.6 is 46.3 Å². The van der Waals surface area contributed by atoms with E-state index in [1.807, 2.05) is 18.2 Å². The van der Waals surface area contributed by atoms with E-state index in [1.165, 1.54) is 4.88 Å². The van der Waals surface area contributed by atoms with Gasteiger partial charge < -0.3 is 0 Å². The lowest BCUT2D eigenvalue weighted by Crippen LogP contribution is -2.05. The van der Waals surface area contributed by atoms with Crippen LogP contribution in [0.4, 0.5) is 0 Å². The molecule has 3 rings (SSSR count). The second-order valence-corrected chi connectivity index (χ2v) is 8.67. The molecule has 0 N–H and O–H groups in total. The Labute approximate surface area is 166 Å². The maximum atomic E-state index is 6.28. The van der Waals surface area contributed by atoms with E-state index in [0.29, 0.717) is 15.8 Å². The summed E-state index contributed by atoms with van der Waals surface area (Å²) in [6.07, 6.45) is 1.03. The minimum Gasteiger partial charge on any atom is -0.299 e. The number of hydrogen-bond donors (Lipinski definition) is 0. The summed E-state index contributed by atoms with van der Waals surface area (Å²) in [5.41, 5.74) is 2.06. The first kappa shape index (κ1) is 18.8. The quantitative estimate of drug-likeness (QED) is 0.420. The summed E-state index contributed by atoms with van der Waals surface area (Å²) in [5, 5.41) is 13.3. The largest absolute Gasteiger partial charge is 0.299 e. The van der Waals surface area contributed by atoms with Crippen molar-refractivity contribution < 1.29 is 0 Å². The zero-order valence-electron chi connectivity index (χ0n) is 14.3. The first-order valence-electron chi connectivity index (χ1n) is 8.09. The highest BCUT2D eigenvalue weighted by Crippen LogP contribution is 2.34. The van der Waals surface area contributed by atoms with Crippen molar-refractivity contribution in [2.45, 2.75) is 44.1 Å². The van der Waals surface area contributed by atoms with E-state index in [4.69, 9.17) is 23.2 Å². The Balaban J connectivity index is 1.89. The molecule has 0 saturated carbocycles. The first-order chi connectivity index (χ1) is 12.0. The van der Waals surface area contributed by atoms with Gasteiger partial charge in [0.15, 0.2) is 11.0 Å². The van der Waals surface area contributed by atoms with Gasteiger partial charge in [-0.25, -0.2) is 0 Å². The fourth-order valence-electron chi connectivity index (χ4n) is 2.53. The second kappa shape index (κ2) is 8.12. The molecule has 3 aromatic rings. The Morgan fingerprint density at radius 3 is 2.52 bits per heavy atom. The molecule has 0 spiro atoms. The van der Waals surface area contributed by atoms with Crippen molar-refractivity contribution in [2.75, 3.05) is 0 Å². The zero-order valence-corrected chi connectivity index (χ0v) is 17.4. The third-order valence-corrected chi connectivity index (χ3v) is 6.61. The Morgan fingerprint density at radius 2 is 1.92 bits per heavy atom. The van der Waals surface area contributed by atoms with E-state index in [9.17, 15) is 0 Å². The molecule has 132 valence electrons. The Bertz CT molecular complexity index is 851. The molecule has 7 heteroatoms. The van der Waals surface area contributed by atoms with Crippen LogP contribution in [0.1, 0.15) is 37.3 Å². The lowest BCUT2D eigenvalue weighted by Gasteiger charge is -2.13. The summed E-state index contributed by atoms with van der Waals surface area (Å²) in [7, 11) is 0. The maximum Gasteiger partial charge on any atom is 0.192 e. The standard InChI is InChI=1S/C18H19Cl2N3S2/c1-4-13-8-12(9-24-13)17-21-22-18(23(17)11(2)3)25-10-14-15(19)6-5-7-16(14)20/h5-9,11H,4,10H2,1-3H3. The highest BCUT2D eigenvalue weighted by Gasteiger charge is 2.18. The number of hydrogen-bond acceptors (Lipinski definition) is 4.